The Morgan fingerprint density at radius 1 is 1.12 bits per heavy atom. The first-order valence-corrected chi connectivity index (χ1v) is 11.9. The molecule has 6 nitrogen and oxygen atoms in total. The lowest BCUT2D eigenvalue weighted by molar-refractivity contribution is -0.113. The number of aromatic nitrogens is 3. The predicted octanol–water partition coefficient (Wildman–Crippen LogP) is 5.66. The van der Waals surface area contributed by atoms with Gasteiger partial charge >= 0.3 is 0 Å². The fourth-order valence-corrected chi connectivity index (χ4v) is 4.52. The second kappa shape index (κ2) is 10.7. The van der Waals surface area contributed by atoms with Crippen molar-refractivity contribution in [3.63, 3.8) is 0 Å². The zero-order chi connectivity index (χ0) is 23.3. The minimum Gasteiger partial charge on any atom is -0.485 e. The molecule has 32 heavy (non-hydrogen) atoms. The molecule has 0 unspecified atom stereocenters. The van der Waals surface area contributed by atoms with Crippen LogP contribution in [0.1, 0.15) is 54.9 Å². The summed E-state index contributed by atoms with van der Waals surface area (Å²) in [5, 5.41) is 12.5. The number of para-hydroxylation sites is 1. The molecular weight excluding hydrogens is 420 g/mol. The van der Waals surface area contributed by atoms with Gasteiger partial charge in [-0.15, -0.1) is 10.2 Å². The summed E-state index contributed by atoms with van der Waals surface area (Å²) in [6.45, 7) is 12.7. The Labute approximate surface area is 194 Å². The minimum absolute atomic E-state index is 0.0506. The monoisotopic (exact) mass is 452 g/mol. The number of amides is 1. The molecule has 0 saturated carbocycles. The number of nitrogens with one attached hydrogen (secondary N) is 1. The Kier molecular flexibility index (Phi) is 7.96. The molecule has 0 aliphatic rings. The van der Waals surface area contributed by atoms with Crippen LogP contribution in [-0.2, 0) is 17.8 Å². The molecule has 0 aliphatic heterocycles. The zero-order valence-electron chi connectivity index (χ0n) is 19.7. The van der Waals surface area contributed by atoms with E-state index in [-0.39, 0.29) is 17.7 Å². The van der Waals surface area contributed by atoms with E-state index < -0.39 is 0 Å². The number of hydrogen-bond donors (Lipinski definition) is 1. The second-order valence-electron chi connectivity index (χ2n) is 8.22. The molecule has 0 spiro atoms. The molecular formula is C25H32N4O2S. The number of aryl methyl sites for hydroxylation is 4. The first-order chi connectivity index (χ1) is 15.3. The molecule has 0 bridgehead atoms. The highest BCUT2D eigenvalue weighted by Crippen LogP contribution is 2.25. The van der Waals surface area contributed by atoms with E-state index in [0.29, 0.717) is 6.61 Å². The summed E-state index contributed by atoms with van der Waals surface area (Å²) in [4.78, 5) is 12.7. The molecule has 1 heterocycles. The lowest BCUT2D eigenvalue weighted by Crippen LogP contribution is -2.17. The van der Waals surface area contributed by atoms with Crippen LogP contribution in [0.25, 0.3) is 0 Å². The number of hydrogen-bond acceptors (Lipinski definition) is 5. The smallest absolute Gasteiger partial charge is 0.234 e. The summed E-state index contributed by atoms with van der Waals surface area (Å²) in [7, 11) is 0. The van der Waals surface area contributed by atoms with Crippen molar-refractivity contribution in [1.82, 2.24) is 14.8 Å². The summed E-state index contributed by atoms with van der Waals surface area (Å²) in [5.41, 5.74) is 5.41. The number of thioether (sulfide) groups is 1. The highest BCUT2D eigenvalue weighted by molar-refractivity contribution is 7.99. The van der Waals surface area contributed by atoms with Crippen molar-refractivity contribution in [3.8, 4) is 5.75 Å². The Hall–Kier alpha value is -2.80. The second-order valence-corrected chi connectivity index (χ2v) is 9.16. The van der Waals surface area contributed by atoms with Gasteiger partial charge in [-0.25, -0.2) is 0 Å². The van der Waals surface area contributed by atoms with Crippen LogP contribution in [0.4, 0.5) is 5.69 Å². The van der Waals surface area contributed by atoms with Crippen LogP contribution in [0.15, 0.2) is 41.6 Å². The Bertz CT molecular complexity index is 1090. The normalized spacial score (nSPS) is 11.1. The van der Waals surface area contributed by atoms with Crippen LogP contribution >= 0.6 is 11.8 Å². The van der Waals surface area contributed by atoms with E-state index in [1.807, 2.05) is 48.7 Å². The van der Waals surface area contributed by atoms with E-state index in [1.54, 1.807) is 0 Å². The molecule has 7 heteroatoms. The summed E-state index contributed by atoms with van der Waals surface area (Å²) in [6, 6.07) is 12.3. The number of carbonyl (C=O) groups is 1. The van der Waals surface area contributed by atoms with Crippen LogP contribution in [-0.4, -0.2) is 26.4 Å². The van der Waals surface area contributed by atoms with Crippen molar-refractivity contribution in [3.05, 3.63) is 64.5 Å². The van der Waals surface area contributed by atoms with Crippen molar-refractivity contribution in [2.24, 2.45) is 0 Å². The number of ether oxygens (including phenoxy) is 1. The van der Waals surface area contributed by atoms with E-state index >= 15 is 0 Å². The van der Waals surface area contributed by atoms with Crippen LogP contribution in [0.3, 0.4) is 0 Å². The van der Waals surface area contributed by atoms with E-state index in [2.05, 4.69) is 49.3 Å². The van der Waals surface area contributed by atoms with Crippen LogP contribution < -0.4 is 10.1 Å². The number of nitrogens with zero attached hydrogens (tertiary/aromatic N) is 3. The fraction of sp³-hybridized carbons (Fsp3) is 0.400. The van der Waals surface area contributed by atoms with E-state index in [1.165, 1.54) is 17.3 Å². The number of anilines is 1. The molecule has 1 amide bonds. The third-order valence-corrected chi connectivity index (χ3v) is 6.22. The highest BCUT2D eigenvalue weighted by atomic mass is 32.2. The van der Waals surface area contributed by atoms with Gasteiger partial charge in [0.2, 0.25) is 5.91 Å². The third kappa shape index (κ3) is 5.71. The molecule has 0 saturated heterocycles. The van der Waals surface area contributed by atoms with Gasteiger partial charge in [0, 0.05) is 11.7 Å². The van der Waals surface area contributed by atoms with Crippen molar-refractivity contribution < 1.29 is 9.53 Å². The maximum atomic E-state index is 12.7. The summed E-state index contributed by atoms with van der Waals surface area (Å²) >= 11 is 1.39. The highest BCUT2D eigenvalue weighted by Gasteiger charge is 2.18. The molecule has 3 rings (SSSR count). The number of benzene rings is 2. The summed E-state index contributed by atoms with van der Waals surface area (Å²) in [5.74, 6) is 1.80. The predicted molar refractivity (Wildman–Crippen MR) is 131 cm³/mol. The largest absolute Gasteiger partial charge is 0.485 e. The molecule has 1 N–H and O–H groups in total. The Morgan fingerprint density at radius 2 is 1.91 bits per heavy atom. The van der Waals surface area contributed by atoms with Crippen LogP contribution in [0.5, 0.6) is 5.75 Å². The van der Waals surface area contributed by atoms with E-state index in [9.17, 15) is 4.79 Å². The van der Waals surface area contributed by atoms with E-state index in [4.69, 9.17) is 4.74 Å². The van der Waals surface area contributed by atoms with Gasteiger partial charge in [0.05, 0.1) is 5.75 Å². The molecule has 0 atom stereocenters. The molecule has 170 valence electrons. The van der Waals surface area contributed by atoms with Crippen LogP contribution in [0.2, 0.25) is 0 Å². The van der Waals surface area contributed by atoms with Gasteiger partial charge in [0.15, 0.2) is 11.0 Å². The average Bonchev–Trinajstić information content (AvgIpc) is 3.16. The van der Waals surface area contributed by atoms with Gasteiger partial charge in [-0.05, 0) is 63.8 Å². The van der Waals surface area contributed by atoms with E-state index in [0.717, 1.165) is 45.5 Å². The molecule has 2 aromatic carbocycles. The van der Waals surface area contributed by atoms with Gasteiger partial charge in [-0.1, -0.05) is 54.6 Å². The molecule has 0 radical (unpaired) electrons. The third-order valence-electron chi connectivity index (χ3n) is 5.28. The lowest BCUT2D eigenvalue weighted by atomic mass is 10.1. The Balaban J connectivity index is 1.67. The van der Waals surface area contributed by atoms with Gasteiger partial charge in [-0.2, -0.15) is 0 Å². The SMILES string of the molecule is CCc1cccc(C)c1NC(=O)CSc1nnc(COc2ccc(C)cc2C)n1C(C)C. The fourth-order valence-electron chi connectivity index (χ4n) is 3.63. The van der Waals surface area contributed by atoms with Crippen molar-refractivity contribution >= 4 is 23.4 Å². The number of rotatable bonds is 9. The van der Waals surface area contributed by atoms with Crippen molar-refractivity contribution in [2.75, 3.05) is 11.1 Å². The lowest BCUT2D eigenvalue weighted by Gasteiger charge is -2.15. The van der Waals surface area contributed by atoms with Gasteiger partial charge in [-0.3, -0.25) is 4.79 Å². The molecule has 0 aliphatic carbocycles. The topological polar surface area (TPSA) is 69.0 Å². The van der Waals surface area contributed by atoms with Gasteiger partial charge in [0.25, 0.3) is 0 Å². The summed E-state index contributed by atoms with van der Waals surface area (Å²) in [6.07, 6.45) is 0.871. The van der Waals surface area contributed by atoms with Gasteiger partial charge < -0.3 is 14.6 Å². The molecule has 3 aromatic rings. The zero-order valence-corrected chi connectivity index (χ0v) is 20.5. The van der Waals surface area contributed by atoms with Crippen molar-refractivity contribution in [2.45, 2.75) is 65.8 Å². The quantitative estimate of drug-likeness (QED) is 0.425. The maximum Gasteiger partial charge on any atom is 0.234 e. The van der Waals surface area contributed by atoms with Gasteiger partial charge in [0.1, 0.15) is 12.4 Å². The molecule has 1 aromatic heterocycles. The molecule has 0 fully saturated rings. The van der Waals surface area contributed by atoms with Crippen LogP contribution in [0, 0.1) is 20.8 Å². The summed E-state index contributed by atoms with van der Waals surface area (Å²) < 4.78 is 8.05. The van der Waals surface area contributed by atoms with Crippen molar-refractivity contribution in [1.29, 1.82) is 0 Å². The Morgan fingerprint density at radius 3 is 2.59 bits per heavy atom. The minimum atomic E-state index is -0.0506. The first-order valence-electron chi connectivity index (χ1n) is 10.9. The standard InChI is InChI=1S/C25H32N4O2S/c1-7-20-10-8-9-18(5)24(20)26-23(30)15-32-25-28-27-22(29(25)16(2)3)14-31-21-12-11-17(4)13-19(21)6/h8-13,16H,7,14-15H2,1-6H3,(H,26,30). The number of carbonyl (C=O) groups excluding carboxylic acids is 1. The maximum absolute atomic E-state index is 12.7. The first kappa shape index (κ1) is 23.9. The average molecular weight is 453 g/mol.